The Morgan fingerprint density at radius 3 is 2.83 bits per heavy atom. The van der Waals surface area contributed by atoms with Crippen molar-refractivity contribution >= 4 is 0 Å². The summed E-state index contributed by atoms with van der Waals surface area (Å²) in [4.78, 5) is 4.42. The van der Waals surface area contributed by atoms with Crippen LogP contribution in [0.25, 0.3) is 0 Å². The fraction of sp³-hybridized carbons (Fsp3) is 0.471. The van der Waals surface area contributed by atoms with Crippen LogP contribution in [0.3, 0.4) is 0 Å². The molecule has 2 unspecified atom stereocenters. The lowest BCUT2D eigenvalue weighted by Gasteiger charge is -2.29. The fourth-order valence-corrected chi connectivity index (χ4v) is 2.53. The van der Waals surface area contributed by atoms with Gasteiger partial charge < -0.3 is 23.9 Å². The van der Waals surface area contributed by atoms with Crippen molar-refractivity contribution in [3.05, 3.63) is 42.1 Å². The molecule has 23 heavy (non-hydrogen) atoms. The Morgan fingerprint density at radius 1 is 1.35 bits per heavy atom. The van der Waals surface area contributed by atoms with Crippen molar-refractivity contribution in [1.82, 2.24) is 10.3 Å². The predicted molar refractivity (Wildman–Crippen MR) is 84.8 cm³/mol. The topological polar surface area (TPSA) is 65.8 Å². The van der Waals surface area contributed by atoms with Crippen molar-refractivity contribution in [2.24, 2.45) is 0 Å². The first-order valence-electron chi connectivity index (χ1n) is 7.90. The van der Waals surface area contributed by atoms with Crippen LogP contribution in [-0.4, -0.2) is 37.4 Å². The number of hydrogen-bond donors (Lipinski definition) is 1. The number of morpholine rings is 1. The maximum atomic E-state index is 6.19. The van der Waals surface area contributed by atoms with Crippen LogP contribution in [0, 0.1) is 6.92 Å². The first-order valence-corrected chi connectivity index (χ1v) is 7.90. The van der Waals surface area contributed by atoms with Gasteiger partial charge in [-0.2, -0.15) is 0 Å². The number of oxazole rings is 1. The van der Waals surface area contributed by atoms with E-state index in [1.54, 1.807) is 6.26 Å². The minimum Gasteiger partial charge on any atom is -0.490 e. The molecule has 1 aromatic carbocycles. The van der Waals surface area contributed by atoms with E-state index in [2.05, 4.69) is 10.3 Å². The molecule has 0 bridgehead atoms. The van der Waals surface area contributed by atoms with Gasteiger partial charge in [0.1, 0.15) is 12.4 Å². The number of rotatable bonds is 6. The van der Waals surface area contributed by atoms with Crippen molar-refractivity contribution < 1.29 is 18.6 Å². The smallest absolute Gasteiger partial charge is 0.238 e. The molecule has 1 saturated heterocycles. The number of ether oxygens (including phenoxy) is 3. The number of benzene rings is 1. The van der Waals surface area contributed by atoms with Gasteiger partial charge in [-0.3, -0.25) is 0 Å². The molecule has 124 valence electrons. The molecule has 1 N–H and O–H groups in total. The van der Waals surface area contributed by atoms with Gasteiger partial charge in [-0.25, -0.2) is 4.98 Å². The van der Waals surface area contributed by atoms with Crippen LogP contribution < -0.4 is 14.8 Å². The summed E-state index contributed by atoms with van der Waals surface area (Å²) in [6.45, 7) is 6.56. The number of para-hydroxylation sites is 2. The molecule has 2 aromatic rings. The fourth-order valence-electron chi connectivity index (χ4n) is 2.53. The van der Waals surface area contributed by atoms with Crippen LogP contribution in [0.1, 0.15) is 24.6 Å². The Morgan fingerprint density at radius 2 is 2.17 bits per heavy atom. The van der Waals surface area contributed by atoms with Crippen molar-refractivity contribution in [1.29, 1.82) is 0 Å². The van der Waals surface area contributed by atoms with Gasteiger partial charge in [0.05, 0.1) is 18.9 Å². The second-order valence-electron chi connectivity index (χ2n) is 5.36. The normalized spacial score (nSPS) is 19.3. The minimum absolute atomic E-state index is 0.170. The van der Waals surface area contributed by atoms with Crippen LogP contribution in [0.2, 0.25) is 0 Å². The van der Waals surface area contributed by atoms with Crippen LogP contribution in [-0.2, 0) is 4.74 Å². The van der Waals surface area contributed by atoms with Gasteiger partial charge in [0.15, 0.2) is 11.5 Å². The molecule has 1 aliphatic heterocycles. The van der Waals surface area contributed by atoms with Crippen molar-refractivity contribution in [2.45, 2.75) is 26.1 Å². The van der Waals surface area contributed by atoms with Crippen LogP contribution >= 0.6 is 0 Å². The maximum Gasteiger partial charge on any atom is 0.238 e. The quantitative estimate of drug-likeness (QED) is 0.883. The van der Waals surface area contributed by atoms with Crippen molar-refractivity contribution in [3.63, 3.8) is 0 Å². The van der Waals surface area contributed by atoms with Gasteiger partial charge in [-0.05, 0) is 26.0 Å². The summed E-state index contributed by atoms with van der Waals surface area (Å²) in [5, 5.41) is 3.31. The average molecular weight is 318 g/mol. The monoisotopic (exact) mass is 318 g/mol. The van der Waals surface area contributed by atoms with Crippen LogP contribution in [0.15, 0.2) is 34.9 Å². The molecule has 0 radical (unpaired) electrons. The Hall–Kier alpha value is -2.05. The molecule has 1 aliphatic rings. The van der Waals surface area contributed by atoms with E-state index >= 15 is 0 Å². The molecule has 1 aromatic heterocycles. The van der Waals surface area contributed by atoms with Gasteiger partial charge in [-0.15, -0.1) is 0 Å². The molecule has 2 atom stereocenters. The second-order valence-corrected chi connectivity index (χ2v) is 5.36. The molecule has 0 aliphatic carbocycles. The van der Waals surface area contributed by atoms with Gasteiger partial charge in [-0.1, -0.05) is 12.1 Å². The lowest BCUT2D eigenvalue weighted by atomic mass is 10.1. The third-order valence-corrected chi connectivity index (χ3v) is 3.58. The highest BCUT2D eigenvalue weighted by molar-refractivity contribution is 5.39. The molecule has 1 fully saturated rings. The maximum absolute atomic E-state index is 6.19. The molecule has 6 heteroatoms. The summed E-state index contributed by atoms with van der Waals surface area (Å²) in [6, 6.07) is 7.59. The van der Waals surface area contributed by atoms with E-state index < -0.39 is 6.10 Å². The highest BCUT2D eigenvalue weighted by Crippen LogP contribution is 2.33. The Kier molecular flexibility index (Phi) is 5.15. The summed E-state index contributed by atoms with van der Waals surface area (Å²) in [5.74, 6) is 1.87. The lowest BCUT2D eigenvalue weighted by molar-refractivity contribution is -0.0527. The van der Waals surface area contributed by atoms with E-state index in [0.717, 1.165) is 12.2 Å². The van der Waals surface area contributed by atoms with E-state index in [1.807, 2.05) is 38.1 Å². The summed E-state index contributed by atoms with van der Waals surface area (Å²) >= 11 is 0. The zero-order chi connectivity index (χ0) is 16.1. The summed E-state index contributed by atoms with van der Waals surface area (Å²) in [5.41, 5.74) is 0.815. The molecule has 0 saturated carbocycles. The molecule has 0 amide bonds. The van der Waals surface area contributed by atoms with Crippen molar-refractivity contribution in [3.8, 4) is 11.5 Å². The first kappa shape index (κ1) is 15.8. The van der Waals surface area contributed by atoms with E-state index in [-0.39, 0.29) is 6.10 Å². The average Bonchev–Trinajstić information content (AvgIpc) is 3.01. The van der Waals surface area contributed by atoms with Gasteiger partial charge in [0, 0.05) is 13.1 Å². The third-order valence-electron chi connectivity index (χ3n) is 3.58. The Labute approximate surface area is 135 Å². The van der Waals surface area contributed by atoms with Crippen molar-refractivity contribution in [2.75, 3.05) is 26.3 Å². The Bertz CT molecular complexity index is 623. The SMILES string of the molecule is CCOc1ccccc1OC(c1nc(C)co1)C1CNCCO1. The standard InChI is InChI=1S/C17H22N2O4/c1-3-20-13-6-4-5-7-14(13)23-16(15-10-18-8-9-21-15)17-19-12(2)11-22-17/h4-7,11,15-16,18H,3,8-10H2,1-2H3. The summed E-state index contributed by atoms with van der Waals surface area (Å²) in [6.07, 6.45) is 1.02. The number of aromatic nitrogens is 1. The first-order chi connectivity index (χ1) is 11.3. The highest BCUT2D eigenvalue weighted by Gasteiger charge is 2.32. The molecule has 2 heterocycles. The largest absolute Gasteiger partial charge is 0.490 e. The number of nitrogens with zero attached hydrogens (tertiary/aromatic N) is 1. The molecule has 6 nitrogen and oxygen atoms in total. The summed E-state index contributed by atoms with van der Waals surface area (Å²) in [7, 11) is 0. The Balaban J connectivity index is 1.86. The zero-order valence-electron chi connectivity index (χ0n) is 13.5. The predicted octanol–water partition coefficient (Wildman–Crippen LogP) is 2.49. The molecular formula is C17H22N2O4. The van der Waals surface area contributed by atoms with E-state index in [4.69, 9.17) is 18.6 Å². The molecule has 3 rings (SSSR count). The van der Waals surface area contributed by atoms with E-state index in [0.29, 0.717) is 37.1 Å². The third kappa shape index (κ3) is 3.83. The van der Waals surface area contributed by atoms with Crippen LogP contribution in [0.4, 0.5) is 0 Å². The number of nitrogens with one attached hydrogen (secondary N) is 1. The zero-order valence-corrected chi connectivity index (χ0v) is 13.5. The van der Waals surface area contributed by atoms with Gasteiger partial charge >= 0.3 is 0 Å². The van der Waals surface area contributed by atoms with Gasteiger partial charge in [0.25, 0.3) is 0 Å². The molecular weight excluding hydrogens is 296 g/mol. The van der Waals surface area contributed by atoms with Gasteiger partial charge in [0.2, 0.25) is 12.0 Å². The lowest BCUT2D eigenvalue weighted by Crippen LogP contribution is -2.43. The number of hydrogen-bond acceptors (Lipinski definition) is 6. The van der Waals surface area contributed by atoms with Crippen LogP contribution in [0.5, 0.6) is 11.5 Å². The van der Waals surface area contributed by atoms with E-state index in [1.165, 1.54) is 0 Å². The molecule has 0 spiro atoms. The minimum atomic E-state index is -0.432. The highest BCUT2D eigenvalue weighted by atomic mass is 16.6. The van der Waals surface area contributed by atoms with E-state index in [9.17, 15) is 0 Å². The summed E-state index contributed by atoms with van der Waals surface area (Å²) < 4.78 is 23.2. The number of aryl methyl sites for hydroxylation is 1. The second kappa shape index (κ2) is 7.48.